The Bertz CT molecular complexity index is 598. The van der Waals surface area contributed by atoms with Crippen LogP contribution in [0.25, 0.3) is 0 Å². The lowest BCUT2D eigenvalue weighted by Crippen LogP contribution is -2.97. The summed E-state index contributed by atoms with van der Waals surface area (Å²) in [5, 5.41) is 41.7. The van der Waals surface area contributed by atoms with Gasteiger partial charge in [-0.3, -0.25) is 0 Å². The molecule has 2 unspecified atom stereocenters. The zero-order valence-corrected chi connectivity index (χ0v) is 13.9. The molecule has 1 aromatic carbocycles. The van der Waals surface area contributed by atoms with Gasteiger partial charge >= 0.3 is 5.97 Å². The van der Waals surface area contributed by atoms with Crippen LogP contribution in [0.4, 0.5) is 5.69 Å². The highest BCUT2D eigenvalue weighted by molar-refractivity contribution is 5.93. The SMILES string of the molecule is CCC[NH2+]C1[C@H](O)OC(COC(=O)c2cc(N)ccc2O)[C@@H](O)[C@H]1O. The highest BCUT2D eigenvalue weighted by atomic mass is 16.6. The zero-order valence-electron chi connectivity index (χ0n) is 13.9. The molecule has 0 aliphatic carbocycles. The largest absolute Gasteiger partial charge is 0.507 e. The summed E-state index contributed by atoms with van der Waals surface area (Å²) in [5.41, 5.74) is 5.72. The van der Waals surface area contributed by atoms with E-state index in [9.17, 15) is 25.2 Å². The van der Waals surface area contributed by atoms with Crippen molar-refractivity contribution >= 4 is 11.7 Å². The van der Waals surface area contributed by atoms with E-state index < -0.39 is 43.2 Å². The van der Waals surface area contributed by atoms with Crippen LogP contribution in [-0.2, 0) is 9.47 Å². The lowest BCUT2D eigenvalue weighted by molar-refractivity contribution is -0.717. The summed E-state index contributed by atoms with van der Waals surface area (Å²) in [7, 11) is 0. The third kappa shape index (κ3) is 4.59. The van der Waals surface area contributed by atoms with E-state index in [-0.39, 0.29) is 17.0 Å². The van der Waals surface area contributed by atoms with Crippen molar-refractivity contribution in [3.8, 4) is 5.75 Å². The van der Waals surface area contributed by atoms with Gasteiger partial charge in [-0.05, 0) is 24.6 Å². The molecule has 1 aromatic rings. The maximum Gasteiger partial charge on any atom is 0.342 e. The Morgan fingerprint density at radius 2 is 2.04 bits per heavy atom. The summed E-state index contributed by atoms with van der Waals surface area (Å²) < 4.78 is 10.3. The maximum atomic E-state index is 12.0. The number of carbonyl (C=O) groups is 1. The lowest BCUT2D eigenvalue weighted by Gasteiger charge is -2.38. The number of quaternary nitrogens is 1. The minimum atomic E-state index is -1.33. The predicted molar refractivity (Wildman–Crippen MR) is 86.6 cm³/mol. The lowest BCUT2D eigenvalue weighted by atomic mass is 9.97. The van der Waals surface area contributed by atoms with E-state index in [0.29, 0.717) is 6.54 Å². The number of anilines is 1. The van der Waals surface area contributed by atoms with Crippen LogP contribution in [0.5, 0.6) is 5.75 Å². The van der Waals surface area contributed by atoms with E-state index in [1.165, 1.54) is 18.2 Å². The van der Waals surface area contributed by atoms with Gasteiger partial charge < -0.3 is 41.0 Å². The average Bonchev–Trinajstić information content (AvgIpc) is 2.58. The molecule has 2 rings (SSSR count). The second kappa shape index (κ2) is 8.45. The third-order valence-electron chi connectivity index (χ3n) is 4.12. The topological polar surface area (TPSA) is 159 Å². The summed E-state index contributed by atoms with van der Waals surface area (Å²) in [5.74, 6) is -1.15. The second-order valence-electron chi connectivity index (χ2n) is 6.02. The van der Waals surface area contributed by atoms with Crippen molar-refractivity contribution in [3.63, 3.8) is 0 Å². The maximum absolute atomic E-state index is 12.0. The number of hydrogen-bond donors (Lipinski definition) is 6. The fraction of sp³-hybridized carbons (Fsp3) is 0.562. The third-order valence-corrected chi connectivity index (χ3v) is 4.12. The number of rotatable bonds is 6. The first-order valence-electron chi connectivity index (χ1n) is 8.13. The van der Waals surface area contributed by atoms with E-state index in [1.54, 1.807) is 5.32 Å². The molecule has 1 aliphatic heterocycles. The minimum Gasteiger partial charge on any atom is -0.507 e. The number of aliphatic hydroxyl groups is 3. The first kappa shape index (κ1) is 19.4. The van der Waals surface area contributed by atoms with Gasteiger partial charge in [0.15, 0.2) is 6.04 Å². The van der Waals surface area contributed by atoms with Gasteiger partial charge in [-0.1, -0.05) is 6.92 Å². The molecule has 0 amide bonds. The molecule has 1 aliphatic rings. The van der Waals surface area contributed by atoms with E-state index in [2.05, 4.69) is 0 Å². The van der Waals surface area contributed by atoms with Crippen molar-refractivity contribution in [2.45, 2.75) is 44.0 Å². The number of benzene rings is 1. The first-order valence-corrected chi connectivity index (χ1v) is 8.13. The van der Waals surface area contributed by atoms with Crippen molar-refractivity contribution in [2.75, 3.05) is 18.9 Å². The van der Waals surface area contributed by atoms with Crippen LogP contribution in [0.15, 0.2) is 18.2 Å². The molecular formula is C16H25N2O7+. The molecule has 8 N–H and O–H groups in total. The van der Waals surface area contributed by atoms with Crippen molar-refractivity contribution in [3.05, 3.63) is 23.8 Å². The average molecular weight is 357 g/mol. The molecule has 1 saturated heterocycles. The summed E-state index contributed by atoms with van der Waals surface area (Å²) >= 11 is 0. The van der Waals surface area contributed by atoms with Gasteiger partial charge in [0.2, 0.25) is 6.29 Å². The molecule has 1 fully saturated rings. The number of aliphatic hydroxyl groups excluding tert-OH is 3. The molecular weight excluding hydrogens is 332 g/mol. The Kier molecular flexibility index (Phi) is 6.57. The van der Waals surface area contributed by atoms with Gasteiger partial charge in [0.25, 0.3) is 0 Å². The zero-order chi connectivity index (χ0) is 18.6. The molecule has 0 aromatic heterocycles. The van der Waals surface area contributed by atoms with Gasteiger partial charge in [-0.15, -0.1) is 0 Å². The number of aromatic hydroxyl groups is 1. The fourth-order valence-electron chi connectivity index (χ4n) is 2.67. The highest BCUT2D eigenvalue weighted by Crippen LogP contribution is 2.22. The number of phenolic OH excluding ortho intramolecular Hbond substituents is 1. The van der Waals surface area contributed by atoms with Crippen LogP contribution >= 0.6 is 0 Å². The van der Waals surface area contributed by atoms with Crippen LogP contribution in [0.2, 0.25) is 0 Å². The molecule has 0 radical (unpaired) electrons. The van der Waals surface area contributed by atoms with Gasteiger partial charge in [0, 0.05) is 5.69 Å². The molecule has 9 nitrogen and oxygen atoms in total. The number of carbonyl (C=O) groups excluding carboxylic acids is 1. The van der Waals surface area contributed by atoms with Gasteiger partial charge in [-0.2, -0.15) is 0 Å². The normalized spacial score (nSPS) is 29.4. The van der Waals surface area contributed by atoms with Crippen molar-refractivity contribution in [1.29, 1.82) is 0 Å². The predicted octanol–water partition coefficient (Wildman–Crippen LogP) is -2.09. The molecule has 140 valence electrons. The molecule has 0 bridgehead atoms. The Morgan fingerprint density at radius 3 is 2.72 bits per heavy atom. The van der Waals surface area contributed by atoms with E-state index in [1.807, 2.05) is 6.92 Å². The molecule has 1 heterocycles. The fourth-order valence-corrected chi connectivity index (χ4v) is 2.67. The first-order chi connectivity index (χ1) is 11.8. The van der Waals surface area contributed by atoms with Crippen LogP contribution < -0.4 is 11.1 Å². The Morgan fingerprint density at radius 1 is 1.32 bits per heavy atom. The molecule has 0 spiro atoms. The number of nitrogen functional groups attached to an aromatic ring is 1. The van der Waals surface area contributed by atoms with Crippen molar-refractivity contribution < 1.29 is 40.0 Å². The molecule has 5 atom stereocenters. The number of hydrogen-bond acceptors (Lipinski definition) is 8. The van der Waals surface area contributed by atoms with Crippen LogP contribution in [0.3, 0.4) is 0 Å². The van der Waals surface area contributed by atoms with Crippen molar-refractivity contribution in [1.82, 2.24) is 0 Å². The van der Waals surface area contributed by atoms with Crippen LogP contribution in [0, 0.1) is 0 Å². The van der Waals surface area contributed by atoms with Crippen LogP contribution in [-0.4, -0.2) is 70.2 Å². The molecule has 25 heavy (non-hydrogen) atoms. The monoisotopic (exact) mass is 357 g/mol. The van der Waals surface area contributed by atoms with Crippen molar-refractivity contribution in [2.24, 2.45) is 0 Å². The van der Waals surface area contributed by atoms with E-state index >= 15 is 0 Å². The summed E-state index contributed by atoms with van der Waals surface area (Å²) in [6.45, 7) is 2.20. The number of ether oxygens (including phenoxy) is 2. The van der Waals surface area contributed by atoms with Gasteiger partial charge in [0.05, 0.1) is 6.54 Å². The smallest absolute Gasteiger partial charge is 0.342 e. The summed E-state index contributed by atoms with van der Waals surface area (Å²) in [6.07, 6.45) is -4.14. The summed E-state index contributed by atoms with van der Waals surface area (Å²) in [6, 6.07) is 3.23. The Hall–Kier alpha value is -1.91. The minimum absolute atomic E-state index is 0.124. The quantitative estimate of drug-likeness (QED) is 0.192. The molecule has 0 saturated carbocycles. The Balaban J connectivity index is 1.96. The highest BCUT2D eigenvalue weighted by Gasteiger charge is 2.46. The Labute approximate surface area is 145 Å². The second-order valence-corrected chi connectivity index (χ2v) is 6.02. The van der Waals surface area contributed by atoms with E-state index in [4.69, 9.17) is 15.2 Å². The van der Waals surface area contributed by atoms with E-state index in [0.717, 1.165) is 6.42 Å². The summed E-state index contributed by atoms with van der Waals surface area (Å²) in [4.78, 5) is 12.0. The number of esters is 1. The number of nitrogens with two attached hydrogens (primary N) is 2. The van der Waals surface area contributed by atoms with Gasteiger partial charge in [0.1, 0.15) is 36.2 Å². The molecule has 9 heteroatoms. The number of phenols is 1. The standard InChI is InChI=1S/C16H24N2O7/c1-2-5-18-12-14(21)13(20)11(25-16(12)23)7-24-15(22)9-6-8(17)3-4-10(9)19/h3-4,6,11-14,16,18-21,23H,2,5,7,17H2,1H3/p+1/t11?,12?,13-,14+,16-/m1/s1. The van der Waals surface area contributed by atoms with Gasteiger partial charge in [-0.25, -0.2) is 4.79 Å². The van der Waals surface area contributed by atoms with Crippen LogP contribution in [0.1, 0.15) is 23.7 Å².